The fraction of sp³-hybridized carbons (Fsp3) is 0.350. The molecule has 0 bridgehead atoms. The van der Waals surface area contributed by atoms with Gasteiger partial charge in [0.05, 0.1) is 6.54 Å². The predicted octanol–water partition coefficient (Wildman–Crippen LogP) is 5.02. The second-order valence-corrected chi connectivity index (χ2v) is 7.89. The van der Waals surface area contributed by atoms with Gasteiger partial charge in [0, 0.05) is 17.8 Å². The lowest BCUT2D eigenvalue weighted by Gasteiger charge is -2.15. The molecule has 3 aromatic rings. The number of anilines is 1. The minimum atomic E-state index is -4.59. The first-order chi connectivity index (χ1) is 14.6. The Kier molecular flexibility index (Phi) is 5.50. The minimum Gasteiger partial charge on any atom is -0.306 e. The van der Waals surface area contributed by atoms with E-state index in [0.29, 0.717) is 12.2 Å². The van der Waals surface area contributed by atoms with Gasteiger partial charge < -0.3 is 5.32 Å². The van der Waals surface area contributed by atoms with Gasteiger partial charge in [-0.1, -0.05) is 23.7 Å². The van der Waals surface area contributed by atoms with Crippen LogP contribution in [0.2, 0.25) is 5.02 Å². The van der Waals surface area contributed by atoms with Gasteiger partial charge in [-0.25, -0.2) is 4.39 Å². The molecule has 6 nitrogen and oxygen atoms in total. The van der Waals surface area contributed by atoms with Gasteiger partial charge in [-0.05, 0) is 43.5 Å². The summed E-state index contributed by atoms with van der Waals surface area (Å²) in [5, 5.41) is 10.6. The summed E-state index contributed by atoms with van der Waals surface area (Å²) < 4.78 is 55.0. The molecule has 1 aliphatic carbocycles. The lowest BCUT2D eigenvalue weighted by Crippen LogP contribution is -2.26. The van der Waals surface area contributed by atoms with E-state index in [1.54, 1.807) is 12.1 Å². The van der Waals surface area contributed by atoms with Gasteiger partial charge >= 0.3 is 6.18 Å². The molecule has 1 aliphatic rings. The maximum atomic E-state index is 13.1. The highest BCUT2D eigenvalue weighted by Crippen LogP contribution is 2.43. The molecule has 1 aromatic carbocycles. The molecule has 0 saturated heterocycles. The monoisotopic (exact) mass is 455 g/mol. The van der Waals surface area contributed by atoms with Gasteiger partial charge in [-0.15, -0.1) is 0 Å². The zero-order valence-corrected chi connectivity index (χ0v) is 17.1. The Labute approximate surface area is 179 Å². The highest BCUT2D eigenvalue weighted by Gasteiger charge is 2.39. The van der Waals surface area contributed by atoms with Crippen LogP contribution in [0.15, 0.2) is 36.5 Å². The Morgan fingerprint density at radius 3 is 2.55 bits per heavy atom. The van der Waals surface area contributed by atoms with E-state index in [0.717, 1.165) is 29.2 Å². The summed E-state index contributed by atoms with van der Waals surface area (Å²) in [5.41, 5.74) is 0.149. The molecule has 2 heterocycles. The molecule has 4 rings (SSSR count). The van der Waals surface area contributed by atoms with Crippen LogP contribution in [0.25, 0.3) is 0 Å². The molecule has 2 aromatic heterocycles. The normalized spacial score (nSPS) is 15.2. The summed E-state index contributed by atoms with van der Waals surface area (Å²) in [4.78, 5) is 12.7. The number of nitrogens with one attached hydrogen (secondary N) is 1. The molecule has 1 N–H and O–H groups in total. The third-order valence-electron chi connectivity index (χ3n) is 5.01. The van der Waals surface area contributed by atoms with Gasteiger partial charge in [0.2, 0.25) is 5.91 Å². The number of hydrogen-bond donors (Lipinski definition) is 1. The van der Waals surface area contributed by atoms with E-state index in [1.807, 2.05) is 0 Å². The van der Waals surface area contributed by atoms with E-state index < -0.39 is 23.8 Å². The van der Waals surface area contributed by atoms with Gasteiger partial charge in [-0.2, -0.15) is 23.4 Å². The van der Waals surface area contributed by atoms with E-state index in [2.05, 4.69) is 15.5 Å². The van der Waals surface area contributed by atoms with Gasteiger partial charge in [-0.3, -0.25) is 14.2 Å². The molecule has 1 saturated carbocycles. The fourth-order valence-corrected chi connectivity index (χ4v) is 3.41. The topological polar surface area (TPSA) is 64.7 Å². The molecule has 0 radical (unpaired) electrons. The van der Waals surface area contributed by atoms with Crippen molar-refractivity contribution in [2.24, 2.45) is 0 Å². The molecule has 164 valence electrons. The second-order valence-electron chi connectivity index (χ2n) is 7.49. The number of aromatic nitrogens is 4. The summed E-state index contributed by atoms with van der Waals surface area (Å²) in [7, 11) is 0. The van der Waals surface area contributed by atoms with Crippen molar-refractivity contribution < 1.29 is 22.4 Å². The standard InChI is InChI=1S/C20H18ClF4N5O/c1-11(30-16(13-4-5-13)8-17(27-30)20(23,24)25)19(31)26-18-15(21)10-29(28-18)9-12-2-6-14(22)7-3-12/h2-3,6-8,10-11,13H,4-5,9H2,1H3,(H,26,28,31). The van der Waals surface area contributed by atoms with Crippen LogP contribution in [0.1, 0.15) is 48.7 Å². The summed E-state index contributed by atoms with van der Waals surface area (Å²) in [6.07, 6.45) is -1.57. The lowest BCUT2D eigenvalue weighted by molar-refractivity contribution is -0.141. The van der Waals surface area contributed by atoms with Crippen LogP contribution < -0.4 is 5.32 Å². The number of nitrogens with zero attached hydrogens (tertiary/aromatic N) is 4. The van der Waals surface area contributed by atoms with Gasteiger partial charge in [0.15, 0.2) is 11.5 Å². The van der Waals surface area contributed by atoms with E-state index in [4.69, 9.17) is 11.6 Å². The number of amides is 1. The summed E-state index contributed by atoms with van der Waals surface area (Å²) in [6.45, 7) is 1.77. The Balaban J connectivity index is 1.50. The van der Waals surface area contributed by atoms with Crippen molar-refractivity contribution in [3.05, 3.63) is 64.3 Å². The number of halogens is 5. The average molecular weight is 456 g/mol. The van der Waals surface area contributed by atoms with Crippen molar-refractivity contribution in [2.45, 2.75) is 44.4 Å². The largest absolute Gasteiger partial charge is 0.435 e. The van der Waals surface area contributed by atoms with Crippen molar-refractivity contribution in [1.29, 1.82) is 0 Å². The highest BCUT2D eigenvalue weighted by molar-refractivity contribution is 6.33. The quantitative estimate of drug-likeness (QED) is 0.531. The smallest absolute Gasteiger partial charge is 0.306 e. The van der Waals surface area contributed by atoms with Crippen LogP contribution in [0, 0.1) is 5.82 Å². The first-order valence-electron chi connectivity index (χ1n) is 9.56. The third kappa shape index (κ3) is 4.73. The van der Waals surface area contributed by atoms with E-state index in [1.165, 1.54) is 29.9 Å². The number of rotatable bonds is 6. The van der Waals surface area contributed by atoms with Crippen LogP contribution in [0.5, 0.6) is 0 Å². The van der Waals surface area contributed by atoms with Crippen LogP contribution in [-0.2, 0) is 17.5 Å². The van der Waals surface area contributed by atoms with Crippen LogP contribution in [-0.4, -0.2) is 25.5 Å². The van der Waals surface area contributed by atoms with Crippen molar-refractivity contribution in [3.63, 3.8) is 0 Å². The molecule has 11 heteroatoms. The molecule has 31 heavy (non-hydrogen) atoms. The maximum absolute atomic E-state index is 13.1. The number of alkyl halides is 3. The van der Waals surface area contributed by atoms with E-state index >= 15 is 0 Å². The molecule has 0 aliphatic heterocycles. The van der Waals surface area contributed by atoms with Crippen LogP contribution in [0.3, 0.4) is 0 Å². The number of carbonyl (C=O) groups is 1. The maximum Gasteiger partial charge on any atom is 0.435 e. The Morgan fingerprint density at radius 2 is 1.94 bits per heavy atom. The van der Waals surface area contributed by atoms with Crippen molar-refractivity contribution >= 4 is 23.3 Å². The Hall–Kier alpha value is -2.88. The summed E-state index contributed by atoms with van der Waals surface area (Å²) in [5.74, 6) is -0.899. The first-order valence-corrected chi connectivity index (χ1v) is 9.94. The summed E-state index contributed by atoms with van der Waals surface area (Å²) >= 11 is 6.16. The van der Waals surface area contributed by atoms with Gasteiger partial charge in [0.25, 0.3) is 0 Å². The van der Waals surface area contributed by atoms with Crippen molar-refractivity contribution in [2.75, 3.05) is 5.32 Å². The van der Waals surface area contributed by atoms with Crippen LogP contribution >= 0.6 is 11.6 Å². The van der Waals surface area contributed by atoms with Crippen molar-refractivity contribution in [1.82, 2.24) is 19.6 Å². The Morgan fingerprint density at radius 1 is 1.26 bits per heavy atom. The molecule has 1 atom stereocenters. The SMILES string of the molecule is CC(C(=O)Nc1nn(Cc2ccc(F)cc2)cc1Cl)n1nc(C(F)(F)F)cc1C1CC1. The second kappa shape index (κ2) is 7.99. The van der Waals surface area contributed by atoms with Crippen molar-refractivity contribution in [3.8, 4) is 0 Å². The molecule has 1 fully saturated rings. The van der Waals surface area contributed by atoms with Gasteiger partial charge in [0.1, 0.15) is 16.9 Å². The summed E-state index contributed by atoms with van der Waals surface area (Å²) in [6, 6.07) is 5.85. The highest BCUT2D eigenvalue weighted by atomic mass is 35.5. The predicted molar refractivity (Wildman–Crippen MR) is 105 cm³/mol. The molecular weight excluding hydrogens is 438 g/mol. The third-order valence-corrected chi connectivity index (χ3v) is 5.29. The number of hydrogen-bond acceptors (Lipinski definition) is 3. The zero-order chi connectivity index (χ0) is 22.3. The Bertz CT molecular complexity index is 1100. The fourth-order valence-electron chi connectivity index (χ4n) is 3.21. The van der Waals surface area contributed by atoms with E-state index in [-0.39, 0.29) is 22.6 Å². The first kappa shape index (κ1) is 21.4. The number of benzene rings is 1. The number of carbonyl (C=O) groups excluding carboxylic acids is 1. The molecular formula is C20H18ClF4N5O. The van der Waals surface area contributed by atoms with Crippen LogP contribution in [0.4, 0.5) is 23.4 Å². The molecule has 1 unspecified atom stereocenters. The average Bonchev–Trinajstić information content (AvgIpc) is 3.35. The molecule has 1 amide bonds. The van der Waals surface area contributed by atoms with E-state index in [9.17, 15) is 22.4 Å². The molecule has 0 spiro atoms. The zero-order valence-electron chi connectivity index (χ0n) is 16.3. The lowest BCUT2D eigenvalue weighted by atomic mass is 10.2. The minimum absolute atomic E-state index is 0.0302.